The number of hydrogen-bond acceptors (Lipinski definition) is 4. The monoisotopic (exact) mass is 359 g/mol. The first-order chi connectivity index (χ1) is 11.7. The van der Waals surface area contributed by atoms with Crippen LogP contribution in [0.2, 0.25) is 0 Å². The molecule has 0 saturated heterocycles. The Morgan fingerprint density at radius 2 is 1.40 bits per heavy atom. The summed E-state index contributed by atoms with van der Waals surface area (Å²) in [6, 6.07) is 17.1. The second-order valence-electron chi connectivity index (χ2n) is 5.86. The van der Waals surface area contributed by atoms with E-state index in [4.69, 9.17) is 5.73 Å². The Labute approximate surface area is 153 Å². The van der Waals surface area contributed by atoms with E-state index in [1.807, 2.05) is 18.2 Å². The molecule has 2 amide bonds. The average Bonchev–Trinajstić information content (AvgIpc) is 2.85. The van der Waals surface area contributed by atoms with Crippen molar-refractivity contribution in [1.82, 2.24) is 9.80 Å². The van der Waals surface area contributed by atoms with E-state index in [0.717, 1.165) is 13.1 Å². The number of halogens is 1. The van der Waals surface area contributed by atoms with Gasteiger partial charge in [-0.3, -0.25) is 19.4 Å². The molecule has 2 N–H and O–H groups in total. The minimum Gasteiger partial charge on any atom is -0.329 e. The first-order valence-corrected chi connectivity index (χ1v) is 8.12. The molecule has 1 aliphatic heterocycles. The third-order valence-corrected chi connectivity index (χ3v) is 4.21. The second kappa shape index (κ2) is 8.76. The maximum atomic E-state index is 12.4. The number of carbonyl (C=O) groups excluding carboxylic acids is 2. The van der Waals surface area contributed by atoms with E-state index in [0.29, 0.717) is 30.8 Å². The van der Waals surface area contributed by atoms with Crippen LogP contribution in [0, 0.1) is 0 Å². The summed E-state index contributed by atoms with van der Waals surface area (Å²) < 4.78 is 0. The van der Waals surface area contributed by atoms with E-state index >= 15 is 0 Å². The van der Waals surface area contributed by atoms with Gasteiger partial charge in [0.15, 0.2) is 0 Å². The average molecular weight is 360 g/mol. The van der Waals surface area contributed by atoms with Gasteiger partial charge in [0.25, 0.3) is 11.8 Å². The van der Waals surface area contributed by atoms with E-state index in [1.165, 1.54) is 10.5 Å². The smallest absolute Gasteiger partial charge is 0.261 e. The highest BCUT2D eigenvalue weighted by Gasteiger charge is 2.34. The molecule has 0 bridgehead atoms. The second-order valence-corrected chi connectivity index (χ2v) is 5.86. The fourth-order valence-electron chi connectivity index (χ4n) is 2.98. The van der Waals surface area contributed by atoms with Crippen molar-refractivity contribution in [3.05, 3.63) is 71.3 Å². The van der Waals surface area contributed by atoms with Gasteiger partial charge in [-0.1, -0.05) is 42.5 Å². The van der Waals surface area contributed by atoms with Gasteiger partial charge in [0.1, 0.15) is 0 Å². The Bertz CT molecular complexity index is 701. The lowest BCUT2D eigenvalue weighted by Gasteiger charge is -2.24. The molecule has 0 unspecified atom stereocenters. The van der Waals surface area contributed by atoms with Crippen molar-refractivity contribution in [2.24, 2.45) is 5.73 Å². The van der Waals surface area contributed by atoms with Crippen molar-refractivity contribution >= 4 is 24.2 Å². The quantitative estimate of drug-likeness (QED) is 0.769. The van der Waals surface area contributed by atoms with Gasteiger partial charge in [0, 0.05) is 32.7 Å². The lowest BCUT2D eigenvalue weighted by molar-refractivity contribution is 0.0635. The molecule has 0 aromatic heterocycles. The van der Waals surface area contributed by atoms with Crippen molar-refractivity contribution in [1.29, 1.82) is 0 Å². The summed E-state index contributed by atoms with van der Waals surface area (Å²) in [4.78, 5) is 28.3. The summed E-state index contributed by atoms with van der Waals surface area (Å²) >= 11 is 0. The molecule has 2 aromatic carbocycles. The molecule has 25 heavy (non-hydrogen) atoms. The molecular weight excluding hydrogens is 338 g/mol. The first kappa shape index (κ1) is 19.1. The van der Waals surface area contributed by atoms with Crippen LogP contribution in [0.25, 0.3) is 0 Å². The largest absolute Gasteiger partial charge is 0.329 e. The van der Waals surface area contributed by atoms with Crippen LogP contribution >= 0.6 is 12.4 Å². The van der Waals surface area contributed by atoms with Gasteiger partial charge in [-0.25, -0.2) is 0 Å². The van der Waals surface area contributed by atoms with Gasteiger partial charge in [0.05, 0.1) is 11.1 Å². The SMILES string of the molecule is Cl.NCCN(CCN1C(=O)c2ccccc2C1=O)Cc1ccccc1. The number of nitrogens with two attached hydrogens (primary N) is 1. The molecule has 0 atom stereocenters. The Kier molecular flexibility index (Phi) is 6.70. The van der Waals surface area contributed by atoms with Crippen LogP contribution in [0.1, 0.15) is 26.3 Å². The molecule has 0 saturated carbocycles. The highest BCUT2D eigenvalue weighted by atomic mass is 35.5. The molecule has 3 rings (SSSR count). The van der Waals surface area contributed by atoms with Crippen LogP contribution in [0.15, 0.2) is 54.6 Å². The Morgan fingerprint density at radius 1 is 0.840 bits per heavy atom. The predicted octanol–water partition coefficient (Wildman–Crippen LogP) is 2.17. The summed E-state index contributed by atoms with van der Waals surface area (Å²) in [6.45, 7) is 2.99. The Hall–Kier alpha value is -2.21. The molecule has 1 aliphatic rings. The van der Waals surface area contributed by atoms with Crippen LogP contribution in [0.3, 0.4) is 0 Å². The zero-order valence-corrected chi connectivity index (χ0v) is 14.7. The van der Waals surface area contributed by atoms with E-state index < -0.39 is 0 Å². The van der Waals surface area contributed by atoms with E-state index in [-0.39, 0.29) is 24.2 Å². The minimum atomic E-state index is -0.206. The van der Waals surface area contributed by atoms with Gasteiger partial charge in [0.2, 0.25) is 0 Å². The number of rotatable bonds is 7. The third kappa shape index (κ3) is 4.25. The number of carbonyl (C=O) groups is 2. The Morgan fingerprint density at radius 3 is 1.96 bits per heavy atom. The number of benzene rings is 2. The van der Waals surface area contributed by atoms with Crippen molar-refractivity contribution in [3.63, 3.8) is 0 Å². The normalized spacial score (nSPS) is 13.1. The number of imide groups is 1. The summed E-state index contributed by atoms with van der Waals surface area (Å²) in [6.07, 6.45) is 0. The summed E-state index contributed by atoms with van der Waals surface area (Å²) in [5, 5.41) is 0. The van der Waals surface area contributed by atoms with Gasteiger partial charge >= 0.3 is 0 Å². The molecule has 0 spiro atoms. The van der Waals surface area contributed by atoms with Crippen molar-refractivity contribution < 1.29 is 9.59 Å². The molecule has 6 heteroatoms. The molecule has 5 nitrogen and oxygen atoms in total. The zero-order chi connectivity index (χ0) is 16.9. The zero-order valence-electron chi connectivity index (χ0n) is 13.9. The van der Waals surface area contributed by atoms with Crippen molar-refractivity contribution in [3.8, 4) is 0 Å². The maximum Gasteiger partial charge on any atom is 0.261 e. The number of fused-ring (bicyclic) bond motifs is 1. The van der Waals surface area contributed by atoms with Gasteiger partial charge in [-0.2, -0.15) is 0 Å². The lowest BCUT2D eigenvalue weighted by atomic mass is 10.1. The fraction of sp³-hybridized carbons (Fsp3) is 0.263. The number of amides is 2. The topological polar surface area (TPSA) is 66.6 Å². The van der Waals surface area contributed by atoms with Crippen molar-refractivity contribution in [2.75, 3.05) is 26.2 Å². The first-order valence-electron chi connectivity index (χ1n) is 8.12. The highest BCUT2D eigenvalue weighted by Crippen LogP contribution is 2.22. The summed E-state index contributed by atoms with van der Waals surface area (Å²) in [5.74, 6) is -0.411. The third-order valence-electron chi connectivity index (χ3n) is 4.21. The molecule has 0 fully saturated rings. The minimum absolute atomic E-state index is 0. The van der Waals surface area contributed by atoms with Crippen LogP contribution < -0.4 is 5.73 Å². The molecule has 2 aromatic rings. The van der Waals surface area contributed by atoms with E-state index in [9.17, 15) is 9.59 Å². The number of nitrogens with zero attached hydrogens (tertiary/aromatic N) is 2. The van der Waals surface area contributed by atoms with Crippen LogP contribution in [-0.4, -0.2) is 47.8 Å². The lowest BCUT2D eigenvalue weighted by Crippen LogP contribution is -2.39. The molecule has 0 aliphatic carbocycles. The van der Waals surface area contributed by atoms with E-state index in [2.05, 4.69) is 17.0 Å². The maximum absolute atomic E-state index is 12.4. The highest BCUT2D eigenvalue weighted by molar-refractivity contribution is 6.21. The summed E-state index contributed by atoms with van der Waals surface area (Å²) in [7, 11) is 0. The van der Waals surface area contributed by atoms with Crippen molar-refractivity contribution in [2.45, 2.75) is 6.54 Å². The van der Waals surface area contributed by atoms with Gasteiger partial charge < -0.3 is 5.73 Å². The molecular formula is C19H22ClN3O2. The van der Waals surface area contributed by atoms with E-state index in [1.54, 1.807) is 24.3 Å². The predicted molar refractivity (Wildman–Crippen MR) is 99.8 cm³/mol. The Balaban J connectivity index is 0.00000225. The molecule has 0 radical (unpaired) electrons. The molecule has 132 valence electrons. The van der Waals surface area contributed by atoms with Crippen LogP contribution in [0.4, 0.5) is 0 Å². The van der Waals surface area contributed by atoms with Crippen LogP contribution in [0.5, 0.6) is 0 Å². The summed E-state index contributed by atoms with van der Waals surface area (Å²) in [5.41, 5.74) is 7.88. The van der Waals surface area contributed by atoms with Crippen LogP contribution in [-0.2, 0) is 6.54 Å². The molecule has 1 heterocycles. The van der Waals surface area contributed by atoms with Gasteiger partial charge in [-0.15, -0.1) is 12.4 Å². The number of hydrogen-bond donors (Lipinski definition) is 1. The van der Waals surface area contributed by atoms with Gasteiger partial charge in [-0.05, 0) is 17.7 Å². The standard InChI is InChI=1S/C19H21N3O2.ClH/c20-10-11-21(14-15-6-2-1-3-7-15)12-13-22-18(23)16-8-4-5-9-17(16)19(22)24;/h1-9H,10-14,20H2;1H. The fourth-order valence-corrected chi connectivity index (χ4v) is 2.98.